The fourth-order valence-corrected chi connectivity index (χ4v) is 2.99. The Balaban J connectivity index is 1.76. The molecule has 3 heterocycles. The maximum atomic E-state index is 14.1. The van der Waals surface area contributed by atoms with Crippen molar-refractivity contribution in [2.45, 2.75) is 30.8 Å². The Labute approximate surface area is 173 Å². The minimum atomic E-state index is -3.69. The molecule has 1 aliphatic heterocycles. The zero-order valence-corrected chi connectivity index (χ0v) is 16.1. The number of aliphatic hydroxyl groups excluding tert-OH is 2. The van der Waals surface area contributed by atoms with E-state index in [-0.39, 0.29) is 16.9 Å². The van der Waals surface area contributed by atoms with Crippen molar-refractivity contribution in [3.05, 3.63) is 52.3 Å². The molecular formula is C18H18F2N4O7. The number of carbonyl (C=O) groups excluding carboxylic acids is 2. The second-order valence-corrected chi connectivity index (χ2v) is 6.58. The summed E-state index contributed by atoms with van der Waals surface area (Å²) in [5.74, 6) is -5.44. The number of carbonyl (C=O) groups is 2. The number of hydrogen-bond acceptors (Lipinski definition) is 9. The number of rotatable bonds is 6. The third kappa shape index (κ3) is 4.42. The van der Waals surface area contributed by atoms with E-state index < -0.39 is 55.0 Å². The summed E-state index contributed by atoms with van der Waals surface area (Å²) in [5, 5.41) is 20.9. The molecule has 0 spiro atoms. The number of pyridine rings is 1. The standard InChI is InChI=1S/C18H18F2N4O7/c1-30-16(28)10-6-21-4-2-9(10)15(27)22-13-3-5-24(17(29)23-13)7-12-18(19,20)14(26)11(8-25)31-12/h2-6,11-12,14,25-26H,7-8H2,1H3,(H,22,23,27,29)/t11-,12+,14-/m1/s1. The number of anilines is 1. The summed E-state index contributed by atoms with van der Waals surface area (Å²) in [4.78, 5) is 43.8. The lowest BCUT2D eigenvalue weighted by molar-refractivity contribution is -0.115. The van der Waals surface area contributed by atoms with Gasteiger partial charge in [0.2, 0.25) is 0 Å². The van der Waals surface area contributed by atoms with Gasteiger partial charge in [0.15, 0.2) is 0 Å². The van der Waals surface area contributed by atoms with E-state index >= 15 is 0 Å². The molecule has 3 atom stereocenters. The van der Waals surface area contributed by atoms with Gasteiger partial charge >= 0.3 is 17.6 Å². The number of methoxy groups -OCH3 is 1. The zero-order valence-electron chi connectivity index (χ0n) is 16.1. The highest BCUT2D eigenvalue weighted by atomic mass is 19.3. The van der Waals surface area contributed by atoms with Crippen LogP contribution in [0.1, 0.15) is 20.7 Å². The minimum absolute atomic E-state index is 0.0733. The lowest BCUT2D eigenvalue weighted by Gasteiger charge is -2.20. The molecule has 11 nitrogen and oxygen atoms in total. The highest BCUT2D eigenvalue weighted by Crippen LogP contribution is 2.36. The molecule has 1 fully saturated rings. The number of ether oxygens (including phenoxy) is 2. The summed E-state index contributed by atoms with van der Waals surface area (Å²) in [5.41, 5.74) is -1.15. The fraction of sp³-hybridized carbons (Fsp3) is 0.389. The van der Waals surface area contributed by atoms with Crippen LogP contribution in [0.5, 0.6) is 0 Å². The molecule has 3 rings (SSSR count). The molecule has 31 heavy (non-hydrogen) atoms. The molecule has 0 radical (unpaired) electrons. The first-order valence-electron chi connectivity index (χ1n) is 8.92. The number of aliphatic hydroxyl groups is 2. The van der Waals surface area contributed by atoms with Crippen LogP contribution in [0.15, 0.2) is 35.5 Å². The first-order chi connectivity index (χ1) is 14.7. The smallest absolute Gasteiger partial charge is 0.349 e. The average molecular weight is 440 g/mol. The second-order valence-electron chi connectivity index (χ2n) is 6.58. The molecule has 1 saturated heterocycles. The summed E-state index contributed by atoms with van der Waals surface area (Å²) in [6, 6.07) is 2.45. The van der Waals surface area contributed by atoms with Gasteiger partial charge in [-0.05, 0) is 12.1 Å². The Morgan fingerprint density at radius 1 is 1.35 bits per heavy atom. The molecule has 2 aromatic heterocycles. The first-order valence-corrected chi connectivity index (χ1v) is 8.92. The molecule has 0 aromatic carbocycles. The van der Waals surface area contributed by atoms with Gasteiger partial charge in [-0.3, -0.25) is 14.3 Å². The Bertz CT molecular complexity index is 1050. The Morgan fingerprint density at radius 3 is 2.71 bits per heavy atom. The number of halogens is 2. The largest absolute Gasteiger partial charge is 0.465 e. The molecule has 3 N–H and O–H groups in total. The average Bonchev–Trinajstić information content (AvgIpc) is 2.97. The third-order valence-corrected chi connectivity index (χ3v) is 4.64. The zero-order chi connectivity index (χ0) is 22.8. The van der Waals surface area contributed by atoms with E-state index in [1.807, 2.05) is 0 Å². The maximum Gasteiger partial charge on any atom is 0.349 e. The molecule has 1 amide bonds. The molecule has 0 aliphatic carbocycles. The van der Waals surface area contributed by atoms with E-state index in [1.165, 1.54) is 18.3 Å². The van der Waals surface area contributed by atoms with Crippen molar-refractivity contribution in [3.8, 4) is 0 Å². The van der Waals surface area contributed by atoms with E-state index in [2.05, 4.69) is 20.0 Å². The predicted octanol–water partition coefficient (Wildman–Crippen LogP) is -0.567. The van der Waals surface area contributed by atoms with Crippen molar-refractivity contribution in [2.75, 3.05) is 19.0 Å². The first kappa shape index (κ1) is 22.4. The summed E-state index contributed by atoms with van der Waals surface area (Å²) in [6.07, 6.45) is -2.03. The van der Waals surface area contributed by atoms with Crippen LogP contribution in [0.25, 0.3) is 0 Å². The molecule has 1 aliphatic rings. The van der Waals surface area contributed by atoms with Crippen molar-refractivity contribution >= 4 is 17.7 Å². The van der Waals surface area contributed by atoms with Gasteiger partial charge in [-0.2, -0.15) is 4.98 Å². The molecule has 0 unspecified atom stereocenters. The van der Waals surface area contributed by atoms with Crippen LogP contribution in [-0.4, -0.2) is 74.6 Å². The van der Waals surface area contributed by atoms with E-state index in [4.69, 9.17) is 9.84 Å². The number of esters is 1. The number of nitrogens with zero attached hydrogens (tertiary/aromatic N) is 3. The van der Waals surface area contributed by atoms with E-state index in [9.17, 15) is 28.3 Å². The molecule has 2 aromatic rings. The summed E-state index contributed by atoms with van der Waals surface area (Å²) in [7, 11) is 1.14. The van der Waals surface area contributed by atoms with E-state index in [0.29, 0.717) is 0 Å². The molecule has 166 valence electrons. The molecule has 0 saturated carbocycles. The lowest BCUT2D eigenvalue weighted by atomic mass is 10.1. The van der Waals surface area contributed by atoms with Gasteiger partial charge in [0.05, 0.1) is 31.4 Å². The second kappa shape index (κ2) is 8.83. The van der Waals surface area contributed by atoms with Gasteiger partial charge in [0, 0.05) is 18.6 Å². The Morgan fingerprint density at radius 2 is 2.10 bits per heavy atom. The van der Waals surface area contributed by atoms with Gasteiger partial charge in [0.25, 0.3) is 5.91 Å². The number of amides is 1. The Hall–Kier alpha value is -3.29. The van der Waals surface area contributed by atoms with Crippen LogP contribution in [0, 0.1) is 0 Å². The molecular weight excluding hydrogens is 422 g/mol. The summed E-state index contributed by atoms with van der Waals surface area (Å²) < 4.78 is 38.5. The third-order valence-electron chi connectivity index (χ3n) is 4.64. The SMILES string of the molecule is COC(=O)c1cnccc1C(=O)Nc1ccn(C[C@@H]2O[C@H](CO)[C@@H](O)C2(F)F)c(=O)n1. The highest BCUT2D eigenvalue weighted by Gasteiger charge is 2.58. The number of hydrogen-bond donors (Lipinski definition) is 3. The van der Waals surface area contributed by atoms with Gasteiger partial charge in [-0.25, -0.2) is 18.4 Å². The molecule has 0 bridgehead atoms. The Kier molecular flexibility index (Phi) is 6.38. The minimum Gasteiger partial charge on any atom is -0.465 e. The van der Waals surface area contributed by atoms with E-state index in [0.717, 1.165) is 24.1 Å². The monoisotopic (exact) mass is 440 g/mol. The van der Waals surface area contributed by atoms with Gasteiger partial charge in [0.1, 0.15) is 24.1 Å². The predicted molar refractivity (Wildman–Crippen MR) is 98.7 cm³/mol. The number of nitrogens with one attached hydrogen (secondary N) is 1. The van der Waals surface area contributed by atoms with Crippen LogP contribution >= 0.6 is 0 Å². The highest BCUT2D eigenvalue weighted by molar-refractivity contribution is 6.10. The van der Waals surface area contributed by atoms with Crippen LogP contribution in [-0.2, 0) is 16.0 Å². The quantitative estimate of drug-likeness (QED) is 0.502. The van der Waals surface area contributed by atoms with Gasteiger partial charge in [-0.1, -0.05) is 0 Å². The molecule has 13 heteroatoms. The van der Waals surface area contributed by atoms with Crippen molar-refractivity contribution < 1.29 is 38.1 Å². The fourth-order valence-electron chi connectivity index (χ4n) is 2.99. The van der Waals surface area contributed by atoms with Crippen molar-refractivity contribution in [2.24, 2.45) is 0 Å². The van der Waals surface area contributed by atoms with Crippen molar-refractivity contribution in [3.63, 3.8) is 0 Å². The van der Waals surface area contributed by atoms with Crippen LogP contribution in [0.4, 0.5) is 14.6 Å². The van der Waals surface area contributed by atoms with Crippen molar-refractivity contribution in [1.82, 2.24) is 14.5 Å². The van der Waals surface area contributed by atoms with Crippen LogP contribution < -0.4 is 11.0 Å². The summed E-state index contributed by atoms with van der Waals surface area (Å²) >= 11 is 0. The van der Waals surface area contributed by atoms with Crippen LogP contribution in [0.2, 0.25) is 0 Å². The maximum absolute atomic E-state index is 14.1. The lowest BCUT2D eigenvalue weighted by Crippen LogP contribution is -2.43. The normalized spacial score (nSPS) is 22.2. The van der Waals surface area contributed by atoms with Crippen LogP contribution in [0.3, 0.4) is 0 Å². The topological polar surface area (TPSA) is 153 Å². The number of aromatic nitrogens is 3. The number of alkyl halides is 2. The van der Waals surface area contributed by atoms with Gasteiger partial charge < -0.3 is 25.0 Å². The van der Waals surface area contributed by atoms with Gasteiger partial charge in [-0.15, -0.1) is 0 Å². The summed E-state index contributed by atoms with van der Waals surface area (Å²) in [6.45, 7) is -1.45. The van der Waals surface area contributed by atoms with Crippen molar-refractivity contribution in [1.29, 1.82) is 0 Å². The van der Waals surface area contributed by atoms with E-state index in [1.54, 1.807) is 0 Å².